The summed E-state index contributed by atoms with van der Waals surface area (Å²) >= 11 is 1.46. The van der Waals surface area contributed by atoms with Crippen molar-refractivity contribution in [2.45, 2.75) is 107 Å². The second kappa shape index (κ2) is 17.3. The van der Waals surface area contributed by atoms with Gasteiger partial charge in [0.15, 0.2) is 0 Å². The molecule has 3 heteroatoms. The molecule has 3 aliphatic rings. The van der Waals surface area contributed by atoms with Crippen LogP contribution in [0.15, 0.2) is 109 Å². The van der Waals surface area contributed by atoms with E-state index in [0.29, 0.717) is 11.3 Å². The second-order valence-electron chi connectivity index (χ2n) is 18.1. The van der Waals surface area contributed by atoms with Crippen molar-refractivity contribution < 1.29 is 49.0 Å². The minimum Gasteiger partial charge on any atom is -1.00 e. The number of aryl methyl sites for hydroxylation is 2. The fourth-order valence-electron chi connectivity index (χ4n) is 7.79. The Hall–Kier alpha value is -2.96. The third-order valence-corrected chi connectivity index (χ3v) is 13.0. The Balaban J connectivity index is 0.000000205. The SMILES string of the molecule is CC1=CCC(C)(C)c2cc3[cH-]c4cc5c(cc4c3cc21)C(C)=CCC5(C)C.CC1[C-]=CC(C(C)(C)C)=C1.Cc1ccc([C](=[Zr+2])c2ccc(C)cc2)cc1.[Cl-].[Cl-]. The molecule has 0 spiro atoms. The van der Waals surface area contributed by atoms with Crippen LogP contribution in [0.2, 0.25) is 0 Å². The molecule has 0 N–H and O–H groups in total. The molecule has 0 aromatic heterocycles. The number of halogens is 2. The molecule has 1 unspecified atom stereocenters. The van der Waals surface area contributed by atoms with E-state index in [2.05, 4.69) is 192 Å². The molecule has 0 nitrogen and oxygen atoms in total. The van der Waals surface area contributed by atoms with Crippen molar-refractivity contribution in [2.24, 2.45) is 11.3 Å². The average molecular weight is 845 g/mol. The minimum atomic E-state index is 0. The van der Waals surface area contributed by atoms with Gasteiger partial charge in [-0.05, 0) is 59.8 Å². The zero-order chi connectivity index (χ0) is 38.5. The first kappa shape index (κ1) is 44.8. The van der Waals surface area contributed by atoms with Gasteiger partial charge in [-0.15, -0.1) is 39.7 Å². The molecule has 0 fully saturated rings. The number of allylic oxidation sites excluding steroid dienone is 8. The van der Waals surface area contributed by atoms with Crippen LogP contribution in [-0.2, 0) is 35.1 Å². The van der Waals surface area contributed by atoms with E-state index in [1.807, 2.05) is 0 Å². The number of hydrogen-bond donors (Lipinski definition) is 0. The maximum Gasteiger partial charge on any atom is -1.00 e. The first-order valence-electron chi connectivity index (χ1n) is 19.4. The van der Waals surface area contributed by atoms with Crippen LogP contribution < -0.4 is 24.8 Å². The number of fused-ring (bicyclic) bond motifs is 5. The van der Waals surface area contributed by atoms with Crippen LogP contribution in [0, 0.1) is 31.3 Å². The van der Waals surface area contributed by atoms with Gasteiger partial charge in [-0.1, -0.05) is 102 Å². The molecule has 286 valence electrons. The van der Waals surface area contributed by atoms with Crippen LogP contribution in [0.1, 0.15) is 127 Å². The monoisotopic (exact) mass is 842 g/mol. The minimum absolute atomic E-state index is 0. The van der Waals surface area contributed by atoms with E-state index in [9.17, 15) is 0 Å². The Bertz CT molecular complexity index is 2170. The standard InChI is InChI=1S/C27H29.C15H14.C10H15.2ClH.Zr/c1-16-7-9-26(3,4)24-12-18-11-19-13-25-21(17(2)8-10-27(25,5)6)15-23(19)22(18)14-20(16)24;1-12-3-7-14(8-4-12)11-15-9-5-13(2)6-10-15;1-8-5-6-9(7-8)10(2,3)4;;;/h7-8,11-15H,9-10H2,1-6H3;3-10H,1-2H3;6-8H,1-4H3;2*1H;/q-1;;-1;;;+2/p-2. The maximum absolute atomic E-state index is 3.26. The third kappa shape index (κ3) is 9.78. The van der Waals surface area contributed by atoms with Crippen molar-refractivity contribution in [1.82, 2.24) is 0 Å². The molecule has 55 heavy (non-hydrogen) atoms. The predicted molar refractivity (Wildman–Crippen MR) is 230 cm³/mol. The Morgan fingerprint density at radius 1 is 0.673 bits per heavy atom. The van der Waals surface area contributed by atoms with E-state index in [1.54, 1.807) is 0 Å². The van der Waals surface area contributed by atoms with Gasteiger partial charge in [0.2, 0.25) is 0 Å². The van der Waals surface area contributed by atoms with Crippen molar-refractivity contribution in [3.05, 3.63) is 159 Å². The Morgan fingerprint density at radius 3 is 1.40 bits per heavy atom. The van der Waals surface area contributed by atoms with E-state index < -0.39 is 0 Å². The topological polar surface area (TPSA) is 0 Å². The van der Waals surface area contributed by atoms with Crippen LogP contribution in [0.4, 0.5) is 0 Å². The van der Waals surface area contributed by atoms with E-state index in [1.165, 1.54) is 110 Å². The van der Waals surface area contributed by atoms with E-state index in [0.717, 1.165) is 12.8 Å². The molecule has 8 rings (SSSR count). The first-order chi connectivity index (χ1) is 24.8. The van der Waals surface area contributed by atoms with Crippen LogP contribution in [-0.4, -0.2) is 3.21 Å². The molecule has 0 heterocycles. The molecule has 5 aromatic carbocycles. The average Bonchev–Trinajstić information content (AvgIpc) is 3.71. The summed E-state index contributed by atoms with van der Waals surface area (Å²) in [6, 6.07) is 29.8. The van der Waals surface area contributed by atoms with Crippen LogP contribution in [0.5, 0.6) is 0 Å². The summed E-state index contributed by atoms with van der Waals surface area (Å²) in [6.45, 7) is 27.1. The molecular weight excluding hydrogens is 787 g/mol. The largest absolute Gasteiger partial charge is 1.00 e. The van der Waals surface area contributed by atoms with Gasteiger partial charge in [0, 0.05) is 0 Å². The van der Waals surface area contributed by atoms with Gasteiger partial charge in [0.05, 0.1) is 0 Å². The Kier molecular flexibility index (Phi) is 14.0. The zero-order valence-electron chi connectivity index (χ0n) is 35.1. The number of rotatable bonds is 2. The second-order valence-corrected chi connectivity index (χ2v) is 19.4. The Labute approximate surface area is 359 Å². The van der Waals surface area contributed by atoms with Crippen LogP contribution >= 0.6 is 0 Å². The third-order valence-electron chi connectivity index (χ3n) is 11.6. The molecule has 0 saturated heterocycles. The fraction of sp³-hybridized carbons (Fsp3) is 0.346. The summed E-state index contributed by atoms with van der Waals surface area (Å²) in [4.78, 5) is 0. The van der Waals surface area contributed by atoms with Gasteiger partial charge >= 0.3 is 112 Å². The molecule has 3 aliphatic carbocycles. The summed E-state index contributed by atoms with van der Waals surface area (Å²) < 4.78 is 1.42. The van der Waals surface area contributed by atoms with Crippen molar-refractivity contribution in [3.63, 3.8) is 0 Å². The fourth-order valence-corrected chi connectivity index (χ4v) is 8.61. The molecule has 0 amide bonds. The normalized spacial score (nSPS) is 17.5. The van der Waals surface area contributed by atoms with Crippen molar-refractivity contribution >= 4 is 35.9 Å². The van der Waals surface area contributed by atoms with Gasteiger partial charge in [-0.3, -0.25) is 6.08 Å². The van der Waals surface area contributed by atoms with Crippen molar-refractivity contribution in [1.29, 1.82) is 0 Å². The van der Waals surface area contributed by atoms with E-state index >= 15 is 0 Å². The molecule has 5 aromatic rings. The molecule has 1 atom stereocenters. The smallest absolute Gasteiger partial charge is 1.00 e. The van der Waals surface area contributed by atoms with Gasteiger partial charge < -0.3 is 24.8 Å². The van der Waals surface area contributed by atoms with Crippen molar-refractivity contribution in [2.75, 3.05) is 0 Å². The first-order valence-corrected chi connectivity index (χ1v) is 20.7. The predicted octanol–water partition coefficient (Wildman–Crippen LogP) is 8.28. The van der Waals surface area contributed by atoms with Crippen LogP contribution in [0.25, 0.3) is 32.7 Å². The molecule has 0 bridgehead atoms. The molecule has 0 aliphatic heterocycles. The zero-order valence-corrected chi connectivity index (χ0v) is 39.0. The summed E-state index contributed by atoms with van der Waals surface area (Å²) in [5.41, 5.74) is 16.2. The van der Waals surface area contributed by atoms with E-state index in [-0.39, 0.29) is 35.6 Å². The summed E-state index contributed by atoms with van der Waals surface area (Å²) in [6.07, 6.45) is 14.7. The molecular formula is C52H58Cl2Zr-2. The van der Waals surface area contributed by atoms with Gasteiger partial charge in [0.1, 0.15) is 0 Å². The number of hydrogen-bond acceptors (Lipinski definition) is 0. The molecule has 0 saturated carbocycles. The Morgan fingerprint density at radius 2 is 1.07 bits per heavy atom. The number of benzene rings is 4. The summed E-state index contributed by atoms with van der Waals surface area (Å²) in [5.74, 6) is 0.522. The summed E-state index contributed by atoms with van der Waals surface area (Å²) in [7, 11) is 0. The van der Waals surface area contributed by atoms with Crippen molar-refractivity contribution in [3.8, 4) is 0 Å². The summed E-state index contributed by atoms with van der Waals surface area (Å²) in [5, 5.41) is 5.61. The molecule has 0 radical (unpaired) electrons. The van der Waals surface area contributed by atoms with E-state index in [4.69, 9.17) is 0 Å². The van der Waals surface area contributed by atoms with Crippen LogP contribution in [0.3, 0.4) is 0 Å². The quantitative estimate of drug-likeness (QED) is 0.157. The van der Waals surface area contributed by atoms with Gasteiger partial charge in [-0.25, -0.2) is 6.08 Å². The van der Waals surface area contributed by atoms with Gasteiger partial charge in [-0.2, -0.15) is 11.6 Å². The maximum atomic E-state index is 3.26. The van der Waals surface area contributed by atoms with Gasteiger partial charge in [0.25, 0.3) is 0 Å².